The van der Waals surface area contributed by atoms with Crippen LogP contribution in [0.5, 0.6) is 11.5 Å². The number of carboxylic acids is 1. The summed E-state index contributed by atoms with van der Waals surface area (Å²) >= 11 is 0. The molecule has 0 spiro atoms. The van der Waals surface area contributed by atoms with Crippen molar-refractivity contribution in [1.29, 1.82) is 0 Å². The Kier molecular flexibility index (Phi) is 5.79. The molecule has 0 radical (unpaired) electrons. The van der Waals surface area contributed by atoms with Crippen molar-refractivity contribution in [2.45, 2.75) is 0 Å². The number of carboxylic acid groups (broad SMARTS) is 1. The van der Waals surface area contributed by atoms with Gasteiger partial charge in [0.05, 0.1) is 29.6 Å². The monoisotopic (exact) mass is 320 g/mol. The summed E-state index contributed by atoms with van der Waals surface area (Å²) in [4.78, 5) is 21.2. The smallest absolute Gasteiger partial charge is 0.337 e. The van der Waals surface area contributed by atoms with Crippen LogP contribution >= 0.6 is 0 Å². The zero-order valence-corrected chi connectivity index (χ0v) is 12.2. The number of esters is 1. The van der Waals surface area contributed by atoms with Gasteiger partial charge in [0.2, 0.25) is 0 Å². The maximum atomic E-state index is 10.9. The molecule has 23 heavy (non-hydrogen) atoms. The summed E-state index contributed by atoms with van der Waals surface area (Å²) in [6.07, 6.45) is 0. The maximum Gasteiger partial charge on any atom is 0.337 e. The van der Waals surface area contributed by atoms with E-state index in [1.165, 1.54) is 37.4 Å². The second-order valence-corrected chi connectivity index (χ2v) is 4.34. The molecule has 8 nitrogen and oxygen atoms in total. The highest BCUT2D eigenvalue weighted by molar-refractivity contribution is 5.90. The zero-order chi connectivity index (χ0) is 17.6. The number of anilines is 2. The Labute approximate surface area is 131 Å². The van der Waals surface area contributed by atoms with E-state index in [1.807, 2.05) is 0 Å². The number of nitrogens with two attached hydrogens (primary N) is 2. The van der Waals surface area contributed by atoms with Gasteiger partial charge in [-0.1, -0.05) is 0 Å². The van der Waals surface area contributed by atoms with Crippen LogP contribution in [0, 0.1) is 0 Å². The van der Waals surface area contributed by atoms with E-state index in [2.05, 4.69) is 4.74 Å². The Balaban J connectivity index is 0.000000231. The highest BCUT2D eigenvalue weighted by Crippen LogP contribution is 2.21. The van der Waals surface area contributed by atoms with Gasteiger partial charge in [0.15, 0.2) is 0 Å². The molecule has 0 aliphatic rings. The van der Waals surface area contributed by atoms with Crippen LogP contribution in [0.3, 0.4) is 0 Å². The number of nitrogen functional groups attached to an aromatic ring is 2. The van der Waals surface area contributed by atoms with E-state index in [-0.39, 0.29) is 34.0 Å². The average Bonchev–Trinajstić information content (AvgIpc) is 2.52. The van der Waals surface area contributed by atoms with Gasteiger partial charge in [0, 0.05) is 0 Å². The Hall–Kier alpha value is -3.42. The highest BCUT2D eigenvalue weighted by Gasteiger charge is 2.06. The molecule has 7 N–H and O–H groups in total. The topological polar surface area (TPSA) is 156 Å². The third-order valence-electron chi connectivity index (χ3n) is 2.73. The molecule has 2 aromatic rings. The van der Waals surface area contributed by atoms with Crippen molar-refractivity contribution in [2.75, 3.05) is 18.6 Å². The number of ether oxygens (including phenoxy) is 1. The second kappa shape index (κ2) is 7.55. The third-order valence-corrected chi connectivity index (χ3v) is 2.73. The lowest BCUT2D eigenvalue weighted by atomic mass is 10.2. The van der Waals surface area contributed by atoms with Crippen molar-refractivity contribution in [3.63, 3.8) is 0 Å². The van der Waals surface area contributed by atoms with Crippen molar-refractivity contribution in [1.82, 2.24) is 0 Å². The SMILES string of the molecule is COC(=O)c1ccc(N)c(O)c1.Nc1ccc(C(=O)O)cc1O. The van der Waals surface area contributed by atoms with Crippen molar-refractivity contribution < 1.29 is 29.6 Å². The van der Waals surface area contributed by atoms with E-state index in [0.29, 0.717) is 0 Å². The number of hydrogen-bond acceptors (Lipinski definition) is 7. The largest absolute Gasteiger partial charge is 0.506 e. The van der Waals surface area contributed by atoms with Crippen LogP contribution in [0.15, 0.2) is 36.4 Å². The van der Waals surface area contributed by atoms with Gasteiger partial charge in [-0.25, -0.2) is 9.59 Å². The number of hydrogen-bond donors (Lipinski definition) is 5. The lowest BCUT2D eigenvalue weighted by Gasteiger charge is -2.01. The summed E-state index contributed by atoms with van der Waals surface area (Å²) in [7, 11) is 1.27. The first-order valence-corrected chi connectivity index (χ1v) is 6.24. The first-order valence-electron chi connectivity index (χ1n) is 6.24. The molecule has 0 saturated carbocycles. The molecule has 0 amide bonds. The average molecular weight is 320 g/mol. The van der Waals surface area contributed by atoms with Gasteiger partial charge in [0.1, 0.15) is 11.5 Å². The summed E-state index contributed by atoms with van der Waals surface area (Å²) in [5.74, 6) is -1.89. The van der Waals surface area contributed by atoms with Gasteiger partial charge < -0.3 is 31.5 Å². The number of carbonyl (C=O) groups excluding carboxylic acids is 1. The highest BCUT2D eigenvalue weighted by atomic mass is 16.5. The van der Waals surface area contributed by atoms with Crippen molar-refractivity contribution in [3.05, 3.63) is 47.5 Å². The molecule has 0 heterocycles. The molecule has 2 aromatic carbocycles. The van der Waals surface area contributed by atoms with E-state index in [1.54, 1.807) is 0 Å². The molecule has 122 valence electrons. The van der Waals surface area contributed by atoms with Crippen LogP contribution in [-0.2, 0) is 4.74 Å². The minimum atomic E-state index is -1.08. The van der Waals surface area contributed by atoms with E-state index in [9.17, 15) is 9.59 Å². The Morgan fingerprint density at radius 2 is 1.35 bits per heavy atom. The van der Waals surface area contributed by atoms with E-state index < -0.39 is 11.9 Å². The minimum Gasteiger partial charge on any atom is -0.506 e. The van der Waals surface area contributed by atoms with Gasteiger partial charge in [-0.15, -0.1) is 0 Å². The number of methoxy groups -OCH3 is 1. The first-order chi connectivity index (χ1) is 10.8. The van der Waals surface area contributed by atoms with E-state index >= 15 is 0 Å². The summed E-state index contributed by atoms with van der Waals surface area (Å²) < 4.78 is 4.44. The lowest BCUT2D eigenvalue weighted by Crippen LogP contribution is -2.01. The molecule has 0 aliphatic carbocycles. The Morgan fingerprint density at radius 1 is 0.913 bits per heavy atom. The summed E-state index contributed by atoms with van der Waals surface area (Å²) in [5, 5.41) is 26.5. The number of carbonyl (C=O) groups is 2. The molecule has 2 rings (SSSR count). The maximum absolute atomic E-state index is 10.9. The lowest BCUT2D eigenvalue weighted by molar-refractivity contribution is 0.0599. The molecule has 0 aromatic heterocycles. The van der Waals surface area contributed by atoms with Crippen molar-refractivity contribution >= 4 is 23.3 Å². The molecule has 0 atom stereocenters. The molecule has 8 heteroatoms. The van der Waals surface area contributed by atoms with Gasteiger partial charge in [0.25, 0.3) is 0 Å². The minimum absolute atomic E-state index is 0.0247. The first kappa shape index (κ1) is 17.6. The van der Waals surface area contributed by atoms with Gasteiger partial charge in [-0.05, 0) is 36.4 Å². The number of aromatic carboxylic acids is 1. The van der Waals surface area contributed by atoms with E-state index in [4.69, 9.17) is 26.8 Å². The number of phenolic OH excluding ortho intramolecular Hbond substituents is 2. The summed E-state index contributed by atoms with van der Waals surface area (Å²) in [6.45, 7) is 0. The summed E-state index contributed by atoms with van der Waals surface area (Å²) in [5.41, 5.74) is 11.3. The fourth-order valence-electron chi connectivity index (χ4n) is 1.47. The molecular formula is C15H16N2O6. The van der Waals surface area contributed by atoms with Gasteiger partial charge in [-0.3, -0.25) is 0 Å². The number of aromatic hydroxyl groups is 2. The van der Waals surface area contributed by atoms with E-state index in [0.717, 1.165) is 6.07 Å². The number of rotatable bonds is 2. The molecule has 0 bridgehead atoms. The van der Waals surface area contributed by atoms with Crippen molar-refractivity contribution in [3.8, 4) is 11.5 Å². The van der Waals surface area contributed by atoms with Crippen molar-refractivity contribution in [2.24, 2.45) is 0 Å². The van der Waals surface area contributed by atoms with Crippen LogP contribution in [0.1, 0.15) is 20.7 Å². The molecular weight excluding hydrogens is 304 g/mol. The predicted molar refractivity (Wildman–Crippen MR) is 83.3 cm³/mol. The third kappa shape index (κ3) is 4.81. The van der Waals surface area contributed by atoms with Gasteiger partial charge in [-0.2, -0.15) is 0 Å². The van der Waals surface area contributed by atoms with Crippen LogP contribution in [0.4, 0.5) is 11.4 Å². The number of phenols is 2. The zero-order valence-electron chi connectivity index (χ0n) is 12.2. The van der Waals surface area contributed by atoms with Crippen LogP contribution in [0.2, 0.25) is 0 Å². The predicted octanol–water partition coefficient (Wildman–Crippen LogP) is 1.43. The fourth-order valence-corrected chi connectivity index (χ4v) is 1.47. The normalized spacial score (nSPS) is 9.43. The van der Waals surface area contributed by atoms with Crippen LogP contribution in [-0.4, -0.2) is 34.4 Å². The Bertz CT molecular complexity index is 730. The number of benzene rings is 2. The Morgan fingerprint density at radius 3 is 1.74 bits per heavy atom. The molecule has 0 saturated heterocycles. The van der Waals surface area contributed by atoms with Crippen LogP contribution in [0.25, 0.3) is 0 Å². The molecule has 0 aliphatic heterocycles. The fraction of sp³-hybridized carbons (Fsp3) is 0.0667. The van der Waals surface area contributed by atoms with Gasteiger partial charge >= 0.3 is 11.9 Å². The van der Waals surface area contributed by atoms with Crippen LogP contribution < -0.4 is 11.5 Å². The molecule has 0 unspecified atom stereocenters. The molecule has 0 fully saturated rings. The standard InChI is InChI=1S/C8H9NO3.C7H7NO3/c1-12-8(11)5-2-3-6(9)7(10)4-5;8-5-2-1-4(7(10)11)3-6(5)9/h2-4,10H,9H2,1H3;1-3,9H,8H2,(H,10,11). The summed E-state index contributed by atoms with van der Waals surface area (Å²) in [6, 6.07) is 7.98. The quantitative estimate of drug-likeness (QED) is 0.316. The second-order valence-electron chi connectivity index (χ2n) is 4.34.